The topological polar surface area (TPSA) is 46.5 Å². The van der Waals surface area contributed by atoms with Gasteiger partial charge in [-0.1, -0.05) is 19.1 Å². The summed E-state index contributed by atoms with van der Waals surface area (Å²) in [7, 11) is 0. The van der Waals surface area contributed by atoms with Crippen LogP contribution in [-0.2, 0) is 9.53 Å². The molecule has 3 nitrogen and oxygen atoms in total. The molecule has 0 amide bonds. The van der Waals surface area contributed by atoms with Crippen molar-refractivity contribution in [3.63, 3.8) is 0 Å². The number of allylic oxidation sites excluding steroid dienone is 1. The summed E-state index contributed by atoms with van der Waals surface area (Å²) in [4.78, 5) is 11.3. The molecule has 3 heteroatoms. The summed E-state index contributed by atoms with van der Waals surface area (Å²) < 4.78 is 5.27. The van der Waals surface area contributed by atoms with Gasteiger partial charge >= 0.3 is 5.97 Å². The molecule has 2 fully saturated rings. The molecule has 0 spiro atoms. The van der Waals surface area contributed by atoms with E-state index < -0.39 is 6.10 Å². The number of hydrogen-bond acceptors (Lipinski definition) is 3. The number of esters is 1. The number of carbonyl (C=O) groups is 1. The van der Waals surface area contributed by atoms with E-state index in [-0.39, 0.29) is 18.0 Å². The quantitative estimate of drug-likeness (QED) is 0.480. The Labute approximate surface area is 115 Å². The van der Waals surface area contributed by atoms with Gasteiger partial charge in [-0.15, -0.1) is 11.8 Å². The van der Waals surface area contributed by atoms with Crippen LogP contribution in [0.1, 0.15) is 39.5 Å². The molecule has 1 unspecified atom stereocenters. The molecule has 0 bridgehead atoms. The van der Waals surface area contributed by atoms with Gasteiger partial charge in [-0.05, 0) is 31.6 Å². The Hall–Kier alpha value is -1.27. The van der Waals surface area contributed by atoms with Crippen molar-refractivity contribution in [2.45, 2.75) is 51.7 Å². The van der Waals surface area contributed by atoms with E-state index in [1.807, 2.05) is 19.9 Å². The second-order valence-corrected chi connectivity index (χ2v) is 5.62. The van der Waals surface area contributed by atoms with Crippen molar-refractivity contribution in [3.05, 3.63) is 12.2 Å². The smallest absolute Gasteiger partial charge is 0.306 e. The molecule has 1 saturated heterocycles. The van der Waals surface area contributed by atoms with Crippen molar-refractivity contribution in [1.29, 1.82) is 0 Å². The van der Waals surface area contributed by atoms with Crippen LogP contribution in [-0.4, -0.2) is 23.3 Å². The molecule has 0 aromatic heterocycles. The summed E-state index contributed by atoms with van der Waals surface area (Å²) >= 11 is 0. The molecular formula is C16H22O3. The van der Waals surface area contributed by atoms with Crippen LogP contribution < -0.4 is 0 Å². The Kier molecular flexibility index (Phi) is 4.66. The van der Waals surface area contributed by atoms with Crippen molar-refractivity contribution in [3.8, 4) is 11.8 Å². The first-order valence-electron chi connectivity index (χ1n) is 7.07. The molecule has 0 radical (unpaired) electrons. The standard InChI is InChI=1S/C16H22O3/c1-3-4-5-11(2)14(17)8-6-12-7-9-15-13(12)10-16(18)19-15/h6,8,11-15,17H,5,7,9-10H2,1-2H3/b8-6+/t11?,12-,13+,14-,15-/m0/s1. The highest BCUT2D eigenvalue weighted by Crippen LogP contribution is 2.41. The average Bonchev–Trinajstić information content (AvgIpc) is 2.92. The molecular weight excluding hydrogens is 240 g/mol. The Bertz CT molecular complexity index is 415. The number of fused-ring (bicyclic) bond motifs is 1. The molecule has 1 aliphatic heterocycles. The maximum atomic E-state index is 11.3. The normalized spacial score (nSPS) is 32.6. The lowest BCUT2D eigenvalue weighted by molar-refractivity contribution is -0.141. The molecule has 19 heavy (non-hydrogen) atoms. The second-order valence-electron chi connectivity index (χ2n) is 5.62. The summed E-state index contributed by atoms with van der Waals surface area (Å²) in [5, 5.41) is 10.0. The number of rotatable bonds is 4. The number of aliphatic hydroxyl groups excluding tert-OH is 1. The summed E-state index contributed by atoms with van der Waals surface area (Å²) in [6.07, 6.45) is 6.85. The van der Waals surface area contributed by atoms with Crippen LogP contribution in [0, 0.1) is 29.6 Å². The van der Waals surface area contributed by atoms with E-state index in [0.717, 1.165) is 12.8 Å². The highest BCUT2D eigenvalue weighted by atomic mass is 16.5. The van der Waals surface area contributed by atoms with Gasteiger partial charge in [0.15, 0.2) is 0 Å². The monoisotopic (exact) mass is 262 g/mol. The van der Waals surface area contributed by atoms with Crippen LogP contribution in [0.2, 0.25) is 0 Å². The molecule has 1 aliphatic carbocycles. The fraction of sp³-hybridized carbons (Fsp3) is 0.688. The van der Waals surface area contributed by atoms with Gasteiger partial charge in [-0.3, -0.25) is 4.79 Å². The first-order valence-corrected chi connectivity index (χ1v) is 7.07. The Morgan fingerprint density at radius 1 is 1.53 bits per heavy atom. The summed E-state index contributed by atoms with van der Waals surface area (Å²) in [5.41, 5.74) is 0. The third-order valence-corrected chi connectivity index (χ3v) is 4.24. The number of carbonyl (C=O) groups excluding carboxylic acids is 1. The molecule has 1 N–H and O–H groups in total. The summed E-state index contributed by atoms with van der Waals surface area (Å²) in [6.45, 7) is 3.81. The highest BCUT2D eigenvalue weighted by Gasteiger charge is 2.43. The Morgan fingerprint density at radius 2 is 2.32 bits per heavy atom. The van der Waals surface area contributed by atoms with E-state index >= 15 is 0 Å². The van der Waals surface area contributed by atoms with E-state index in [0.29, 0.717) is 24.7 Å². The van der Waals surface area contributed by atoms with Crippen molar-refractivity contribution < 1.29 is 14.6 Å². The van der Waals surface area contributed by atoms with Crippen LogP contribution in [0.3, 0.4) is 0 Å². The summed E-state index contributed by atoms with van der Waals surface area (Å²) in [5.74, 6) is 6.60. The second kappa shape index (κ2) is 6.25. The largest absolute Gasteiger partial charge is 0.462 e. The minimum atomic E-state index is -0.460. The Morgan fingerprint density at radius 3 is 3.05 bits per heavy atom. The van der Waals surface area contributed by atoms with E-state index in [4.69, 9.17) is 4.74 Å². The van der Waals surface area contributed by atoms with Crippen molar-refractivity contribution in [1.82, 2.24) is 0 Å². The zero-order valence-corrected chi connectivity index (χ0v) is 11.6. The van der Waals surface area contributed by atoms with Crippen LogP contribution in [0.4, 0.5) is 0 Å². The fourth-order valence-corrected chi connectivity index (χ4v) is 2.97. The van der Waals surface area contributed by atoms with Gasteiger partial charge in [-0.25, -0.2) is 0 Å². The maximum absolute atomic E-state index is 11.3. The molecule has 0 aromatic rings. The van der Waals surface area contributed by atoms with Gasteiger partial charge in [0.2, 0.25) is 0 Å². The molecule has 5 atom stereocenters. The third-order valence-electron chi connectivity index (χ3n) is 4.24. The lowest BCUT2D eigenvalue weighted by Gasteiger charge is -2.15. The third kappa shape index (κ3) is 3.39. The zero-order chi connectivity index (χ0) is 13.8. The maximum Gasteiger partial charge on any atom is 0.306 e. The van der Waals surface area contributed by atoms with Crippen LogP contribution >= 0.6 is 0 Å². The number of ether oxygens (including phenoxy) is 1. The lowest BCUT2D eigenvalue weighted by atomic mass is 9.91. The van der Waals surface area contributed by atoms with E-state index in [9.17, 15) is 9.90 Å². The first kappa shape index (κ1) is 14.1. The van der Waals surface area contributed by atoms with Crippen LogP contribution in [0.5, 0.6) is 0 Å². The lowest BCUT2D eigenvalue weighted by Crippen LogP contribution is -2.16. The van der Waals surface area contributed by atoms with Crippen molar-refractivity contribution in [2.24, 2.45) is 17.8 Å². The van der Waals surface area contributed by atoms with Gasteiger partial charge in [0.25, 0.3) is 0 Å². The van der Waals surface area contributed by atoms with Gasteiger partial charge in [0, 0.05) is 12.3 Å². The predicted octanol–water partition coefficient (Wildman–Crippen LogP) is 2.29. The zero-order valence-electron chi connectivity index (χ0n) is 11.6. The highest BCUT2D eigenvalue weighted by molar-refractivity contribution is 5.72. The minimum absolute atomic E-state index is 0.0692. The molecule has 0 aromatic carbocycles. The molecule has 104 valence electrons. The van der Waals surface area contributed by atoms with Gasteiger partial charge in [0.05, 0.1) is 12.5 Å². The van der Waals surface area contributed by atoms with E-state index in [2.05, 4.69) is 17.9 Å². The SMILES string of the molecule is CC#CCC(C)[C@@H](O)/C=C/[C@H]1CC[C@@H]2OC(=O)C[C@@H]21. The molecule has 2 rings (SSSR count). The average molecular weight is 262 g/mol. The van der Waals surface area contributed by atoms with Crippen LogP contribution in [0.15, 0.2) is 12.2 Å². The van der Waals surface area contributed by atoms with Gasteiger partial charge < -0.3 is 9.84 Å². The van der Waals surface area contributed by atoms with Crippen molar-refractivity contribution in [2.75, 3.05) is 0 Å². The predicted molar refractivity (Wildman–Crippen MR) is 73.1 cm³/mol. The molecule has 1 heterocycles. The summed E-state index contributed by atoms with van der Waals surface area (Å²) in [6, 6.07) is 0. The van der Waals surface area contributed by atoms with E-state index in [1.165, 1.54) is 0 Å². The molecule has 2 aliphatic rings. The van der Waals surface area contributed by atoms with Crippen molar-refractivity contribution >= 4 is 5.97 Å². The minimum Gasteiger partial charge on any atom is -0.462 e. The van der Waals surface area contributed by atoms with E-state index in [1.54, 1.807) is 0 Å². The van der Waals surface area contributed by atoms with Crippen LogP contribution in [0.25, 0.3) is 0 Å². The first-order chi connectivity index (χ1) is 9.11. The van der Waals surface area contributed by atoms with Gasteiger partial charge in [0.1, 0.15) is 6.10 Å². The number of hydrogen-bond donors (Lipinski definition) is 1. The van der Waals surface area contributed by atoms with Gasteiger partial charge in [-0.2, -0.15) is 0 Å². The number of aliphatic hydroxyl groups is 1. The Balaban J connectivity index is 1.87. The fourth-order valence-electron chi connectivity index (χ4n) is 2.97. The molecule has 1 saturated carbocycles.